The molecule has 11 nitrogen and oxygen atoms in total. The number of benzene rings is 2. The fourth-order valence-electron chi connectivity index (χ4n) is 4.93. The van der Waals surface area contributed by atoms with Crippen LogP contribution in [0.1, 0.15) is 19.4 Å². The Hall–Kier alpha value is -4.65. The average Bonchev–Trinajstić information content (AvgIpc) is 3.56. The van der Waals surface area contributed by atoms with Gasteiger partial charge in [-0.3, -0.25) is 9.58 Å². The van der Waals surface area contributed by atoms with Crippen molar-refractivity contribution in [2.75, 3.05) is 57.2 Å². The van der Waals surface area contributed by atoms with Crippen LogP contribution in [0.2, 0.25) is 0 Å². The molecule has 1 N–H and O–H groups in total. The maximum atomic E-state index is 14.7. The highest BCUT2D eigenvalue weighted by Gasteiger charge is 2.23. The minimum atomic E-state index is -0.863. The SMILES string of the molecule is COc1cc(OC)c(F)c(COc2cnc(Nc3ccc(N4CCN(C(C)C)CC4)c(OCCn4cccn4)c3)nc2)c1F. The third-order valence-corrected chi connectivity index (χ3v) is 7.41. The van der Waals surface area contributed by atoms with Crippen molar-refractivity contribution in [3.8, 4) is 23.0 Å². The normalized spacial score (nSPS) is 13.7. The van der Waals surface area contributed by atoms with Crippen LogP contribution in [0.3, 0.4) is 0 Å². The largest absolute Gasteiger partial charge is 0.494 e. The minimum absolute atomic E-state index is 0.147. The first-order valence-electron chi connectivity index (χ1n) is 14.4. The lowest BCUT2D eigenvalue weighted by atomic mass is 10.1. The van der Waals surface area contributed by atoms with Crippen LogP contribution in [0.15, 0.2) is 55.1 Å². The van der Waals surface area contributed by atoms with Crippen molar-refractivity contribution in [1.82, 2.24) is 24.6 Å². The lowest BCUT2D eigenvalue weighted by molar-refractivity contribution is 0.208. The third-order valence-electron chi connectivity index (χ3n) is 7.41. The molecule has 0 atom stereocenters. The monoisotopic (exact) mass is 609 g/mol. The van der Waals surface area contributed by atoms with E-state index >= 15 is 0 Å². The van der Waals surface area contributed by atoms with Gasteiger partial charge in [-0.05, 0) is 32.0 Å². The molecule has 0 spiro atoms. The molecule has 1 aliphatic heterocycles. The summed E-state index contributed by atoms with van der Waals surface area (Å²) in [5, 5.41) is 7.45. The molecule has 13 heteroatoms. The lowest BCUT2D eigenvalue weighted by Crippen LogP contribution is -2.49. The van der Waals surface area contributed by atoms with Gasteiger partial charge in [0.25, 0.3) is 0 Å². The summed E-state index contributed by atoms with van der Waals surface area (Å²) in [7, 11) is 2.58. The summed E-state index contributed by atoms with van der Waals surface area (Å²) in [5.74, 6) is -0.723. The van der Waals surface area contributed by atoms with Crippen LogP contribution in [0.5, 0.6) is 23.0 Å². The Morgan fingerprint density at radius 3 is 2.23 bits per heavy atom. The van der Waals surface area contributed by atoms with Crippen LogP contribution in [0.4, 0.5) is 26.1 Å². The zero-order valence-corrected chi connectivity index (χ0v) is 25.3. The zero-order valence-electron chi connectivity index (χ0n) is 25.3. The predicted octanol–water partition coefficient (Wildman–Crippen LogP) is 4.90. The van der Waals surface area contributed by atoms with Gasteiger partial charge in [-0.25, -0.2) is 18.7 Å². The molecular weight excluding hydrogens is 572 g/mol. The predicted molar refractivity (Wildman–Crippen MR) is 162 cm³/mol. The summed E-state index contributed by atoms with van der Waals surface area (Å²) >= 11 is 0. The van der Waals surface area contributed by atoms with Crippen LogP contribution in [-0.2, 0) is 13.2 Å². The van der Waals surface area contributed by atoms with Crippen molar-refractivity contribution in [3.05, 3.63) is 72.3 Å². The summed E-state index contributed by atoms with van der Waals surface area (Å²) < 4.78 is 53.0. The Morgan fingerprint density at radius 2 is 1.61 bits per heavy atom. The van der Waals surface area contributed by atoms with Gasteiger partial charge in [0.2, 0.25) is 5.95 Å². The molecule has 4 aromatic rings. The van der Waals surface area contributed by atoms with E-state index < -0.39 is 18.2 Å². The quantitative estimate of drug-likeness (QED) is 0.225. The molecule has 2 aromatic heterocycles. The molecule has 1 aliphatic rings. The lowest BCUT2D eigenvalue weighted by Gasteiger charge is -2.38. The van der Waals surface area contributed by atoms with Gasteiger partial charge in [-0.1, -0.05) is 0 Å². The molecule has 5 rings (SSSR count). The standard InChI is InChI=1S/C31H37F2N7O4/c1-21(2)38-10-12-39(13-11-38)25-7-6-22(16-26(25)43-15-14-40-9-5-8-36-40)37-31-34-18-23(19-35-31)44-20-24-29(32)27(41-3)17-28(42-4)30(24)33/h5-9,16-19,21H,10-15,20H2,1-4H3,(H,34,35,37). The number of anilines is 3. The second kappa shape index (κ2) is 14.2. The van der Waals surface area contributed by atoms with E-state index in [2.05, 4.69) is 44.0 Å². The molecule has 0 saturated carbocycles. The molecule has 0 radical (unpaired) electrons. The van der Waals surface area contributed by atoms with Crippen LogP contribution in [0.25, 0.3) is 0 Å². The molecule has 44 heavy (non-hydrogen) atoms. The Labute approximate surface area is 255 Å². The number of rotatable bonds is 13. The van der Waals surface area contributed by atoms with Crippen LogP contribution in [0, 0.1) is 11.6 Å². The van der Waals surface area contributed by atoms with Crippen LogP contribution >= 0.6 is 0 Å². The summed E-state index contributed by atoms with van der Waals surface area (Å²) in [5.41, 5.74) is 1.44. The summed E-state index contributed by atoms with van der Waals surface area (Å²) in [6.45, 7) is 8.88. The van der Waals surface area contributed by atoms with Gasteiger partial charge in [0.05, 0.1) is 44.4 Å². The highest BCUT2D eigenvalue weighted by molar-refractivity contribution is 5.67. The Kier molecular flexibility index (Phi) is 9.95. The molecular formula is C31H37F2N7O4. The van der Waals surface area contributed by atoms with E-state index in [-0.39, 0.29) is 22.8 Å². The second-order valence-electron chi connectivity index (χ2n) is 10.5. The number of halogens is 2. The number of aromatic nitrogens is 4. The smallest absolute Gasteiger partial charge is 0.227 e. The number of nitrogens with one attached hydrogen (secondary N) is 1. The summed E-state index contributed by atoms with van der Waals surface area (Å²) in [6, 6.07) is 9.47. The highest BCUT2D eigenvalue weighted by atomic mass is 19.1. The molecule has 2 aromatic carbocycles. The Bertz CT molecular complexity index is 1480. The fourth-order valence-corrected chi connectivity index (χ4v) is 4.93. The molecule has 0 amide bonds. The number of hydrogen-bond donors (Lipinski definition) is 1. The third kappa shape index (κ3) is 7.28. The van der Waals surface area contributed by atoms with Gasteiger partial charge in [0.15, 0.2) is 28.9 Å². The van der Waals surface area contributed by atoms with E-state index in [9.17, 15) is 8.78 Å². The van der Waals surface area contributed by atoms with Gasteiger partial charge < -0.3 is 29.2 Å². The van der Waals surface area contributed by atoms with Gasteiger partial charge >= 0.3 is 0 Å². The number of ether oxygens (including phenoxy) is 4. The minimum Gasteiger partial charge on any atom is -0.494 e. The topological polar surface area (TPSA) is 99.0 Å². The van der Waals surface area contributed by atoms with E-state index in [1.54, 1.807) is 6.20 Å². The van der Waals surface area contributed by atoms with E-state index in [1.807, 2.05) is 35.1 Å². The maximum absolute atomic E-state index is 14.7. The van der Waals surface area contributed by atoms with Gasteiger partial charge in [-0.2, -0.15) is 5.10 Å². The average molecular weight is 610 g/mol. The first-order chi connectivity index (χ1) is 21.4. The van der Waals surface area contributed by atoms with E-state index in [1.165, 1.54) is 26.6 Å². The molecule has 234 valence electrons. The van der Waals surface area contributed by atoms with E-state index in [0.29, 0.717) is 25.1 Å². The number of hydrogen-bond acceptors (Lipinski definition) is 10. The molecule has 0 bridgehead atoms. The maximum Gasteiger partial charge on any atom is 0.227 e. The van der Waals surface area contributed by atoms with Crippen molar-refractivity contribution in [2.45, 2.75) is 33.0 Å². The number of methoxy groups -OCH3 is 2. The fraction of sp³-hybridized carbons (Fsp3) is 0.387. The molecule has 1 fully saturated rings. The van der Waals surface area contributed by atoms with Gasteiger partial charge in [0, 0.05) is 62.4 Å². The Morgan fingerprint density at radius 1 is 0.909 bits per heavy atom. The van der Waals surface area contributed by atoms with E-state index in [0.717, 1.165) is 49.4 Å². The van der Waals surface area contributed by atoms with Crippen molar-refractivity contribution >= 4 is 17.3 Å². The van der Waals surface area contributed by atoms with Crippen molar-refractivity contribution in [2.24, 2.45) is 0 Å². The van der Waals surface area contributed by atoms with Crippen molar-refractivity contribution in [1.29, 1.82) is 0 Å². The Balaban J connectivity index is 1.26. The van der Waals surface area contributed by atoms with Gasteiger partial charge in [-0.15, -0.1) is 0 Å². The first kappa shape index (κ1) is 30.8. The van der Waals surface area contributed by atoms with E-state index in [4.69, 9.17) is 18.9 Å². The van der Waals surface area contributed by atoms with Crippen molar-refractivity contribution < 1.29 is 27.7 Å². The van der Waals surface area contributed by atoms with Crippen molar-refractivity contribution in [3.63, 3.8) is 0 Å². The molecule has 0 aliphatic carbocycles. The van der Waals surface area contributed by atoms with Gasteiger partial charge in [0.1, 0.15) is 19.0 Å². The highest BCUT2D eigenvalue weighted by Crippen LogP contribution is 2.34. The summed E-state index contributed by atoms with van der Waals surface area (Å²) in [6.07, 6.45) is 6.49. The van der Waals surface area contributed by atoms with Crippen LogP contribution in [-0.4, -0.2) is 77.7 Å². The zero-order chi connectivity index (χ0) is 31.1. The molecule has 0 unspecified atom stereocenters. The van der Waals surface area contributed by atoms with Crippen LogP contribution < -0.4 is 29.2 Å². The second-order valence-corrected chi connectivity index (χ2v) is 10.5. The first-order valence-corrected chi connectivity index (χ1v) is 14.4. The summed E-state index contributed by atoms with van der Waals surface area (Å²) in [4.78, 5) is 13.4. The number of piperazine rings is 1. The molecule has 3 heterocycles. The number of nitrogens with zero attached hydrogens (tertiary/aromatic N) is 6. The molecule has 1 saturated heterocycles.